The van der Waals surface area contributed by atoms with Crippen LogP contribution in [0.4, 0.5) is 0 Å². The number of carbonyl (C=O) groups is 1. The molecular weight excluding hydrogens is 190 g/mol. The van der Waals surface area contributed by atoms with Gasteiger partial charge in [0.2, 0.25) is 0 Å². The standard InChI is InChI=1S/C8H13NO3S/c10-7(11)1-8(4-9-5-8)13-6-2-12-3-6/h6,9H,1-5H2,(H,10,11). The SMILES string of the molecule is O=C(O)CC1(SC2COC2)CNC1. The monoisotopic (exact) mass is 203 g/mol. The van der Waals surface area contributed by atoms with Crippen LogP contribution >= 0.6 is 11.8 Å². The van der Waals surface area contributed by atoms with Crippen molar-refractivity contribution < 1.29 is 14.6 Å². The van der Waals surface area contributed by atoms with E-state index in [1.165, 1.54) is 0 Å². The molecule has 2 aliphatic heterocycles. The first-order valence-corrected chi connectivity index (χ1v) is 5.26. The van der Waals surface area contributed by atoms with E-state index in [9.17, 15) is 4.79 Å². The maximum Gasteiger partial charge on any atom is 0.304 e. The Kier molecular flexibility index (Phi) is 2.49. The number of hydrogen-bond acceptors (Lipinski definition) is 4. The van der Waals surface area contributed by atoms with Crippen molar-refractivity contribution in [3.8, 4) is 0 Å². The smallest absolute Gasteiger partial charge is 0.304 e. The van der Waals surface area contributed by atoms with Crippen LogP contribution in [0.3, 0.4) is 0 Å². The van der Waals surface area contributed by atoms with Gasteiger partial charge in [0.05, 0.1) is 29.6 Å². The van der Waals surface area contributed by atoms with Crippen molar-refractivity contribution in [1.82, 2.24) is 5.32 Å². The Hall–Kier alpha value is -0.260. The van der Waals surface area contributed by atoms with Crippen molar-refractivity contribution in [2.24, 2.45) is 0 Å². The first-order chi connectivity index (χ1) is 6.20. The molecule has 0 amide bonds. The minimum atomic E-state index is -0.700. The van der Waals surface area contributed by atoms with Crippen LogP contribution in [0.5, 0.6) is 0 Å². The Balaban J connectivity index is 1.86. The van der Waals surface area contributed by atoms with Gasteiger partial charge in [-0.3, -0.25) is 4.79 Å². The Morgan fingerprint density at radius 3 is 2.62 bits per heavy atom. The molecule has 2 saturated heterocycles. The lowest BCUT2D eigenvalue weighted by atomic mass is 9.98. The maximum atomic E-state index is 10.6. The zero-order chi connectivity index (χ0) is 9.31. The molecule has 2 fully saturated rings. The molecular formula is C8H13NO3S. The summed E-state index contributed by atoms with van der Waals surface area (Å²) in [5, 5.41) is 12.4. The van der Waals surface area contributed by atoms with E-state index in [0.717, 1.165) is 26.3 Å². The van der Waals surface area contributed by atoms with Gasteiger partial charge in [-0.2, -0.15) is 0 Å². The number of hydrogen-bond donors (Lipinski definition) is 2. The Bertz CT molecular complexity index is 213. The van der Waals surface area contributed by atoms with Crippen molar-refractivity contribution in [3.05, 3.63) is 0 Å². The second-order valence-corrected chi connectivity index (χ2v) is 5.40. The molecule has 0 spiro atoms. The van der Waals surface area contributed by atoms with Gasteiger partial charge in [0, 0.05) is 13.1 Å². The van der Waals surface area contributed by atoms with Crippen LogP contribution in [0.15, 0.2) is 0 Å². The van der Waals surface area contributed by atoms with E-state index in [1.807, 2.05) is 0 Å². The number of ether oxygens (including phenoxy) is 1. The van der Waals surface area contributed by atoms with Crippen LogP contribution in [0.1, 0.15) is 6.42 Å². The van der Waals surface area contributed by atoms with Crippen molar-refractivity contribution >= 4 is 17.7 Å². The minimum Gasteiger partial charge on any atom is -0.481 e. The highest BCUT2D eigenvalue weighted by molar-refractivity contribution is 8.01. The van der Waals surface area contributed by atoms with Gasteiger partial charge < -0.3 is 15.2 Å². The summed E-state index contributed by atoms with van der Waals surface area (Å²) in [6.07, 6.45) is 0.265. The highest BCUT2D eigenvalue weighted by Crippen LogP contribution is 2.38. The Morgan fingerprint density at radius 1 is 1.62 bits per heavy atom. The highest BCUT2D eigenvalue weighted by atomic mass is 32.2. The number of carboxylic acid groups (broad SMARTS) is 1. The highest BCUT2D eigenvalue weighted by Gasteiger charge is 2.42. The third-order valence-corrected chi connectivity index (χ3v) is 3.93. The van der Waals surface area contributed by atoms with Gasteiger partial charge in [0.25, 0.3) is 0 Å². The van der Waals surface area contributed by atoms with Gasteiger partial charge in [0.1, 0.15) is 0 Å². The lowest BCUT2D eigenvalue weighted by Gasteiger charge is -2.44. The second-order valence-electron chi connectivity index (χ2n) is 3.63. The average Bonchev–Trinajstić information content (AvgIpc) is 1.90. The van der Waals surface area contributed by atoms with E-state index in [1.54, 1.807) is 11.8 Å². The molecule has 4 nitrogen and oxygen atoms in total. The summed E-state index contributed by atoms with van der Waals surface area (Å²) in [7, 11) is 0. The van der Waals surface area contributed by atoms with E-state index >= 15 is 0 Å². The molecule has 0 aliphatic carbocycles. The average molecular weight is 203 g/mol. The molecule has 74 valence electrons. The number of thioether (sulfide) groups is 1. The fraction of sp³-hybridized carbons (Fsp3) is 0.875. The molecule has 2 N–H and O–H groups in total. The predicted octanol–water partition coefficient (Wildman–Crippen LogP) is -0.0649. The fourth-order valence-corrected chi connectivity index (χ4v) is 3.18. The summed E-state index contributed by atoms with van der Waals surface area (Å²) >= 11 is 1.78. The molecule has 2 aliphatic rings. The van der Waals surface area contributed by atoms with Crippen LogP contribution in [0, 0.1) is 0 Å². The zero-order valence-electron chi connectivity index (χ0n) is 7.28. The molecule has 0 bridgehead atoms. The summed E-state index contributed by atoms with van der Waals surface area (Å²) in [4.78, 5) is 10.6. The van der Waals surface area contributed by atoms with Gasteiger partial charge in [0.15, 0.2) is 0 Å². The fourth-order valence-electron chi connectivity index (χ4n) is 1.57. The molecule has 2 heterocycles. The van der Waals surface area contributed by atoms with Crippen molar-refractivity contribution in [2.75, 3.05) is 26.3 Å². The van der Waals surface area contributed by atoms with Gasteiger partial charge in [-0.1, -0.05) is 0 Å². The van der Waals surface area contributed by atoms with Crippen molar-refractivity contribution in [3.63, 3.8) is 0 Å². The largest absolute Gasteiger partial charge is 0.481 e. The summed E-state index contributed by atoms with van der Waals surface area (Å²) in [6, 6.07) is 0. The molecule has 0 unspecified atom stereocenters. The van der Waals surface area contributed by atoms with Crippen LogP contribution in [-0.2, 0) is 9.53 Å². The van der Waals surface area contributed by atoms with Crippen molar-refractivity contribution in [1.29, 1.82) is 0 Å². The number of aliphatic carboxylic acids is 1. The summed E-state index contributed by atoms with van der Waals surface area (Å²) in [5.41, 5.74) is 0. The number of rotatable bonds is 4. The van der Waals surface area contributed by atoms with Crippen LogP contribution in [0.2, 0.25) is 0 Å². The predicted molar refractivity (Wildman–Crippen MR) is 50.1 cm³/mol. The van der Waals surface area contributed by atoms with E-state index in [0.29, 0.717) is 5.25 Å². The second kappa shape index (κ2) is 3.48. The molecule has 13 heavy (non-hydrogen) atoms. The van der Waals surface area contributed by atoms with E-state index < -0.39 is 5.97 Å². The molecule has 2 rings (SSSR count). The Morgan fingerprint density at radius 2 is 2.31 bits per heavy atom. The first-order valence-electron chi connectivity index (χ1n) is 4.38. The molecule has 0 aromatic heterocycles. The topological polar surface area (TPSA) is 58.6 Å². The van der Waals surface area contributed by atoms with Gasteiger partial charge >= 0.3 is 5.97 Å². The third-order valence-electron chi connectivity index (χ3n) is 2.39. The van der Waals surface area contributed by atoms with E-state index in [-0.39, 0.29) is 11.2 Å². The number of nitrogens with one attached hydrogen (secondary N) is 1. The van der Waals surface area contributed by atoms with Crippen LogP contribution in [0.25, 0.3) is 0 Å². The zero-order valence-corrected chi connectivity index (χ0v) is 8.10. The number of carboxylic acids is 1. The maximum absolute atomic E-state index is 10.6. The van der Waals surface area contributed by atoms with Crippen LogP contribution in [-0.4, -0.2) is 47.4 Å². The molecule has 0 radical (unpaired) electrons. The van der Waals surface area contributed by atoms with Crippen molar-refractivity contribution in [2.45, 2.75) is 16.4 Å². The first kappa shape index (κ1) is 9.30. The summed E-state index contributed by atoms with van der Waals surface area (Å²) in [5.74, 6) is -0.700. The van der Waals surface area contributed by atoms with E-state index in [2.05, 4.69) is 5.32 Å². The van der Waals surface area contributed by atoms with Crippen LogP contribution < -0.4 is 5.32 Å². The normalized spacial score (nSPS) is 26.2. The minimum absolute atomic E-state index is 0.0553. The molecule has 0 saturated carbocycles. The lowest BCUT2D eigenvalue weighted by Crippen LogP contribution is -2.59. The van der Waals surface area contributed by atoms with Gasteiger partial charge in [-0.25, -0.2) is 0 Å². The quantitative estimate of drug-likeness (QED) is 0.670. The summed E-state index contributed by atoms with van der Waals surface area (Å²) < 4.78 is 5.01. The third kappa shape index (κ3) is 1.98. The summed E-state index contributed by atoms with van der Waals surface area (Å²) in [6.45, 7) is 3.21. The molecule has 0 aromatic rings. The molecule has 0 atom stereocenters. The molecule has 0 aromatic carbocycles. The molecule has 5 heteroatoms. The van der Waals surface area contributed by atoms with Gasteiger partial charge in [-0.05, 0) is 0 Å². The Labute approximate surface area is 81.0 Å². The lowest BCUT2D eigenvalue weighted by molar-refractivity contribution is -0.138. The van der Waals surface area contributed by atoms with E-state index in [4.69, 9.17) is 9.84 Å². The van der Waals surface area contributed by atoms with Gasteiger partial charge in [-0.15, -0.1) is 11.8 Å².